The van der Waals surface area contributed by atoms with Crippen molar-refractivity contribution in [3.8, 4) is 5.75 Å². The molecule has 0 radical (unpaired) electrons. The van der Waals surface area contributed by atoms with E-state index in [1.54, 1.807) is 13.4 Å². The molecule has 0 atom stereocenters. The number of hydrogen-bond acceptors (Lipinski definition) is 6. The molecule has 1 fully saturated rings. The number of anilines is 2. The van der Waals surface area contributed by atoms with Gasteiger partial charge in [-0.15, -0.1) is 0 Å². The Labute approximate surface area is 127 Å². The highest BCUT2D eigenvalue weighted by atomic mass is 16.5. The zero-order valence-electron chi connectivity index (χ0n) is 13.6. The van der Waals surface area contributed by atoms with Gasteiger partial charge in [-0.3, -0.25) is 0 Å². The third kappa shape index (κ3) is 3.97. The molecule has 6 nitrogen and oxygen atoms in total. The van der Waals surface area contributed by atoms with E-state index in [2.05, 4.69) is 39.5 Å². The van der Waals surface area contributed by atoms with Gasteiger partial charge in [0, 0.05) is 13.1 Å². The monoisotopic (exact) mass is 293 g/mol. The van der Waals surface area contributed by atoms with E-state index in [0.29, 0.717) is 11.2 Å². The van der Waals surface area contributed by atoms with Crippen molar-refractivity contribution in [3.05, 3.63) is 6.33 Å². The quantitative estimate of drug-likeness (QED) is 0.837. The summed E-state index contributed by atoms with van der Waals surface area (Å²) in [5, 5.41) is 6.65. The van der Waals surface area contributed by atoms with Crippen molar-refractivity contribution in [2.24, 2.45) is 5.41 Å². The predicted octanol–water partition coefficient (Wildman–Crippen LogP) is 2.06. The summed E-state index contributed by atoms with van der Waals surface area (Å²) in [6.45, 7) is 8.39. The normalized spacial score (nSPS) is 18.3. The fourth-order valence-corrected chi connectivity index (χ4v) is 2.62. The summed E-state index contributed by atoms with van der Waals surface area (Å²) in [6.07, 6.45) is 3.97. The second kappa shape index (κ2) is 6.93. The van der Waals surface area contributed by atoms with Crippen LogP contribution < -0.4 is 15.4 Å². The molecule has 0 amide bonds. The molecule has 6 heteroatoms. The van der Waals surface area contributed by atoms with Gasteiger partial charge in [-0.25, -0.2) is 9.97 Å². The first-order valence-electron chi connectivity index (χ1n) is 7.63. The van der Waals surface area contributed by atoms with Crippen molar-refractivity contribution >= 4 is 11.6 Å². The summed E-state index contributed by atoms with van der Waals surface area (Å²) >= 11 is 0. The second-order valence-electron chi connectivity index (χ2n) is 6.10. The van der Waals surface area contributed by atoms with Crippen molar-refractivity contribution in [1.82, 2.24) is 14.9 Å². The van der Waals surface area contributed by atoms with Crippen molar-refractivity contribution in [1.29, 1.82) is 0 Å². The van der Waals surface area contributed by atoms with E-state index in [-0.39, 0.29) is 0 Å². The summed E-state index contributed by atoms with van der Waals surface area (Å²) in [4.78, 5) is 10.9. The molecule has 0 unspecified atom stereocenters. The van der Waals surface area contributed by atoms with E-state index in [9.17, 15) is 0 Å². The van der Waals surface area contributed by atoms with Crippen molar-refractivity contribution < 1.29 is 4.74 Å². The van der Waals surface area contributed by atoms with Gasteiger partial charge in [-0.2, -0.15) is 0 Å². The lowest BCUT2D eigenvalue weighted by molar-refractivity contribution is 0.150. The molecule has 1 saturated heterocycles. The Hall–Kier alpha value is -1.56. The van der Waals surface area contributed by atoms with Gasteiger partial charge >= 0.3 is 0 Å². The molecule has 0 aliphatic carbocycles. The number of piperidine rings is 1. The van der Waals surface area contributed by atoms with Crippen LogP contribution in [0.1, 0.15) is 26.7 Å². The first kappa shape index (κ1) is 15.8. The molecule has 2 heterocycles. The van der Waals surface area contributed by atoms with Crippen molar-refractivity contribution in [2.45, 2.75) is 26.7 Å². The van der Waals surface area contributed by atoms with Crippen LogP contribution in [0.2, 0.25) is 0 Å². The van der Waals surface area contributed by atoms with Gasteiger partial charge in [0.15, 0.2) is 11.6 Å². The van der Waals surface area contributed by atoms with E-state index in [1.807, 2.05) is 6.92 Å². The number of ether oxygens (including phenoxy) is 1. The molecular weight excluding hydrogens is 266 g/mol. The molecule has 1 aliphatic heterocycles. The van der Waals surface area contributed by atoms with Gasteiger partial charge in [0.2, 0.25) is 5.75 Å². The lowest BCUT2D eigenvalue weighted by Gasteiger charge is -2.38. The smallest absolute Gasteiger partial charge is 0.204 e. The Morgan fingerprint density at radius 2 is 1.86 bits per heavy atom. The van der Waals surface area contributed by atoms with Crippen molar-refractivity contribution in [2.75, 3.05) is 51.0 Å². The second-order valence-corrected chi connectivity index (χ2v) is 6.10. The van der Waals surface area contributed by atoms with Crippen LogP contribution in [0.25, 0.3) is 0 Å². The van der Waals surface area contributed by atoms with Gasteiger partial charge in [0.05, 0.1) is 7.11 Å². The van der Waals surface area contributed by atoms with Crippen LogP contribution in [-0.4, -0.2) is 55.2 Å². The first-order valence-corrected chi connectivity index (χ1v) is 7.63. The number of hydrogen-bond donors (Lipinski definition) is 2. The molecule has 21 heavy (non-hydrogen) atoms. The molecule has 1 aromatic rings. The molecule has 0 aromatic carbocycles. The van der Waals surface area contributed by atoms with Gasteiger partial charge < -0.3 is 20.3 Å². The fourth-order valence-electron chi connectivity index (χ4n) is 2.62. The topological polar surface area (TPSA) is 62.3 Å². The lowest BCUT2D eigenvalue weighted by atomic mass is 9.80. The minimum Gasteiger partial charge on any atom is -0.490 e. The highest BCUT2D eigenvalue weighted by Crippen LogP contribution is 2.33. The Morgan fingerprint density at radius 1 is 1.24 bits per heavy atom. The van der Waals surface area contributed by atoms with E-state index in [0.717, 1.165) is 37.8 Å². The molecule has 0 spiro atoms. The Balaban J connectivity index is 2.04. The Kier molecular flexibility index (Phi) is 5.22. The maximum Gasteiger partial charge on any atom is 0.204 e. The molecule has 0 bridgehead atoms. The molecule has 2 rings (SSSR count). The SMILES string of the molecule is CCNc1ncnc(NCC2(C)CCN(C)CC2)c1OC. The standard InChI is InChI=1S/C15H27N5O/c1-5-16-13-12(21-4)14(19-11-18-13)17-10-15(2)6-8-20(3)9-7-15/h11H,5-10H2,1-4H3,(H2,16,17,18,19). The highest BCUT2D eigenvalue weighted by Gasteiger charge is 2.29. The van der Waals surface area contributed by atoms with Gasteiger partial charge in [0.25, 0.3) is 0 Å². The number of nitrogens with one attached hydrogen (secondary N) is 2. The summed E-state index contributed by atoms with van der Waals surface area (Å²) < 4.78 is 5.46. The van der Waals surface area contributed by atoms with Crippen LogP contribution in [0.5, 0.6) is 5.75 Å². The minimum absolute atomic E-state index is 0.306. The number of rotatable bonds is 6. The molecule has 1 aromatic heterocycles. The first-order chi connectivity index (χ1) is 10.1. The summed E-state index contributed by atoms with van der Waals surface area (Å²) in [7, 11) is 3.84. The van der Waals surface area contributed by atoms with Crippen LogP contribution in [0.3, 0.4) is 0 Å². The number of nitrogens with zero attached hydrogens (tertiary/aromatic N) is 3. The zero-order valence-corrected chi connectivity index (χ0v) is 13.6. The predicted molar refractivity (Wildman–Crippen MR) is 86.1 cm³/mol. The largest absolute Gasteiger partial charge is 0.490 e. The molecule has 118 valence electrons. The average molecular weight is 293 g/mol. The number of methoxy groups -OCH3 is 1. The van der Waals surface area contributed by atoms with E-state index in [1.165, 1.54) is 12.8 Å². The third-order valence-electron chi connectivity index (χ3n) is 4.23. The third-order valence-corrected chi connectivity index (χ3v) is 4.23. The maximum absolute atomic E-state index is 5.46. The van der Waals surface area contributed by atoms with Gasteiger partial charge in [0.1, 0.15) is 6.33 Å². The van der Waals surface area contributed by atoms with Gasteiger partial charge in [-0.1, -0.05) is 6.92 Å². The minimum atomic E-state index is 0.306. The van der Waals surface area contributed by atoms with Crippen LogP contribution in [-0.2, 0) is 0 Å². The van der Waals surface area contributed by atoms with E-state index < -0.39 is 0 Å². The zero-order chi connectivity index (χ0) is 15.3. The van der Waals surface area contributed by atoms with Crippen LogP contribution in [0, 0.1) is 5.41 Å². The number of likely N-dealkylation sites (tertiary alicyclic amines) is 1. The fraction of sp³-hybridized carbons (Fsp3) is 0.733. The lowest BCUT2D eigenvalue weighted by Crippen LogP contribution is -2.40. The molecule has 0 saturated carbocycles. The van der Waals surface area contributed by atoms with Gasteiger partial charge in [-0.05, 0) is 45.3 Å². The average Bonchev–Trinajstić information content (AvgIpc) is 2.49. The molecule has 2 N–H and O–H groups in total. The van der Waals surface area contributed by atoms with Crippen LogP contribution >= 0.6 is 0 Å². The summed E-state index contributed by atoms with van der Waals surface area (Å²) in [6, 6.07) is 0. The van der Waals surface area contributed by atoms with E-state index >= 15 is 0 Å². The molecule has 1 aliphatic rings. The Bertz CT molecular complexity index is 457. The van der Waals surface area contributed by atoms with E-state index in [4.69, 9.17) is 4.74 Å². The van der Waals surface area contributed by atoms with Crippen LogP contribution in [0.15, 0.2) is 6.33 Å². The Morgan fingerprint density at radius 3 is 2.43 bits per heavy atom. The van der Waals surface area contributed by atoms with Crippen LogP contribution in [0.4, 0.5) is 11.6 Å². The summed E-state index contributed by atoms with van der Waals surface area (Å²) in [5.41, 5.74) is 0.306. The highest BCUT2D eigenvalue weighted by molar-refractivity contribution is 5.63. The maximum atomic E-state index is 5.46. The number of aromatic nitrogens is 2. The van der Waals surface area contributed by atoms with Crippen molar-refractivity contribution in [3.63, 3.8) is 0 Å². The summed E-state index contributed by atoms with van der Waals surface area (Å²) in [5.74, 6) is 2.20. The molecular formula is C15H27N5O.